The Morgan fingerprint density at radius 1 is 0.165 bits per heavy atom. The van der Waals surface area contributed by atoms with Crippen LogP contribution in [-0.2, 0) is 129 Å². The largest absolute Gasteiger partial charge is 0.481 e. The summed E-state index contributed by atoms with van der Waals surface area (Å²) in [5, 5.41) is 11.2. The first-order chi connectivity index (χ1) is 55.7. The molecule has 2 unspecified atom stereocenters. The highest BCUT2D eigenvalue weighted by Gasteiger charge is 2.52. The van der Waals surface area contributed by atoms with Gasteiger partial charge in [0.1, 0.15) is 107 Å². The molecule has 0 amide bonds. The van der Waals surface area contributed by atoms with Crippen molar-refractivity contribution in [2.24, 2.45) is 81.2 Å². The smallest absolute Gasteiger partial charge is 0.318 e. The third-order valence-electron chi connectivity index (χ3n) is 28.3. The minimum Gasteiger partial charge on any atom is -0.481 e. The Hall–Kier alpha value is -7.55. The van der Waals surface area contributed by atoms with Gasteiger partial charge >= 0.3 is 77.6 Å². The van der Waals surface area contributed by atoms with Crippen molar-refractivity contribution in [1.29, 1.82) is 0 Å². The molecule has 0 fully saturated rings. The molecule has 28 nitrogen and oxygen atoms in total. The third kappa shape index (κ3) is 29.8. The number of carboxylic acid groups (broad SMARTS) is 1. The van der Waals surface area contributed by atoms with Crippen LogP contribution in [0.3, 0.4) is 0 Å². The number of hydrogen-bond donors (Lipinski definition) is 1. The molecule has 0 spiro atoms. The number of esters is 12. The molecule has 0 saturated carbocycles. The van der Waals surface area contributed by atoms with Gasteiger partial charge in [0.15, 0.2) is 0 Å². The van der Waals surface area contributed by atoms with Gasteiger partial charge in [-0.05, 0) is 219 Å². The molecule has 2 atom stereocenters. The van der Waals surface area contributed by atoms with Crippen molar-refractivity contribution in [3.8, 4) is 0 Å². The van der Waals surface area contributed by atoms with Crippen LogP contribution in [0.1, 0.15) is 343 Å². The maximum atomic E-state index is 15.3. The summed E-state index contributed by atoms with van der Waals surface area (Å²) in [4.78, 5) is 215. The molecule has 0 radical (unpaired) electrons. The Labute approximate surface area is 723 Å². The second kappa shape index (κ2) is 47.5. The van der Waals surface area contributed by atoms with Gasteiger partial charge < -0.3 is 61.9 Å². The van der Waals surface area contributed by atoms with Crippen LogP contribution in [0.15, 0.2) is 0 Å². The highest BCUT2D eigenvalue weighted by molar-refractivity contribution is 5.90. The zero-order valence-electron chi connectivity index (χ0n) is 80.1. The highest BCUT2D eigenvalue weighted by atomic mass is 16.6. The molecule has 0 rings (SSSR count). The molecule has 0 bridgehead atoms. The maximum Gasteiger partial charge on any atom is 0.318 e. The predicted octanol–water partition coefficient (Wildman–Crippen LogP) is 16.9. The fourth-order valence-corrected chi connectivity index (χ4v) is 11.8. The van der Waals surface area contributed by atoms with Crippen LogP contribution in [0.4, 0.5) is 0 Å². The van der Waals surface area contributed by atoms with Gasteiger partial charge in [0.2, 0.25) is 0 Å². The van der Waals surface area contributed by atoms with Crippen molar-refractivity contribution in [2.45, 2.75) is 343 Å². The van der Waals surface area contributed by atoms with E-state index in [1.54, 1.807) is 166 Å². The van der Waals surface area contributed by atoms with Crippen LogP contribution in [-0.4, -0.2) is 174 Å². The van der Waals surface area contributed by atoms with Crippen LogP contribution in [0.5, 0.6) is 0 Å². The quantitative estimate of drug-likeness (QED) is 0.0436. The number of ether oxygens (including phenoxy) is 12. The van der Waals surface area contributed by atoms with Crippen molar-refractivity contribution in [1.82, 2.24) is 0 Å². The van der Waals surface area contributed by atoms with Crippen LogP contribution in [0.25, 0.3) is 0 Å². The van der Waals surface area contributed by atoms with Crippen LogP contribution >= 0.6 is 0 Å². The molecule has 0 heterocycles. The molecule has 0 aliphatic carbocycles. The van der Waals surface area contributed by atoms with Crippen molar-refractivity contribution in [3.05, 3.63) is 0 Å². The SMILES string of the molecule is CCC(C)(CC)C(=O)OCC(C)(COC(=O)C(C)(CC)CC)C(=O)CCC(C)(COC(=O)C(C)(COC(=O)C(C)(CC)CC)COC(=O)C(C)(CC)CC)C(=O)OCC(C)(COC(=O)C(C)(CCC(=O)C(C)(COC(=O)C(C)(CC)CC)COC(=O)C(C)(CC)CC)COC(=O)C(C)(COC(=O)C(C)(CC)CC)COC(=O)C(C)(CC)CC)C(=O)O. The molecule has 121 heavy (non-hydrogen) atoms. The van der Waals surface area contributed by atoms with E-state index in [2.05, 4.69) is 0 Å². The molecule has 1 N–H and O–H groups in total. The summed E-state index contributed by atoms with van der Waals surface area (Å²) in [6.45, 7) is 41.9. The summed E-state index contributed by atoms with van der Waals surface area (Å²) in [6, 6.07) is 0. The maximum absolute atomic E-state index is 15.3. The van der Waals surface area contributed by atoms with E-state index < -0.39 is 275 Å². The number of rotatable bonds is 61. The minimum atomic E-state index is -2.43. The van der Waals surface area contributed by atoms with Gasteiger partial charge in [0.05, 0.1) is 65.0 Å². The van der Waals surface area contributed by atoms with Gasteiger partial charge in [0, 0.05) is 12.8 Å². The Morgan fingerprint density at radius 2 is 0.273 bits per heavy atom. The van der Waals surface area contributed by atoms with E-state index in [-0.39, 0.29) is 0 Å². The zero-order valence-corrected chi connectivity index (χ0v) is 80.1. The summed E-state index contributed by atoms with van der Waals surface area (Å²) in [6.07, 6.45) is 3.34. The first kappa shape index (κ1) is 113. The average molecular weight is 1720 g/mol. The summed E-state index contributed by atoms with van der Waals surface area (Å²) < 4.78 is 70.8. The lowest BCUT2D eigenvalue weighted by Crippen LogP contribution is -2.47. The van der Waals surface area contributed by atoms with Gasteiger partial charge in [-0.15, -0.1) is 0 Å². The molecule has 0 aromatic heterocycles. The minimum absolute atomic E-state index is 0.351. The summed E-state index contributed by atoms with van der Waals surface area (Å²) in [5.74, 6) is -13.3. The van der Waals surface area contributed by atoms with E-state index in [9.17, 15) is 57.8 Å². The first-order valence-corrected chi connectivity index (χ1v) is 44.1. The molecule has 698 valence electrons. The predicted molar refractivity (Wildman–Crippen MR) is 454 cm³/mol. The second-order valence-electron chi connectivity index (χ2n) is 38.1. The van der Waals surface area contributed by atoms with Crippen LogP contribution < -0.4 is 0 Å². The lowest BCUT2D eigenvalue weighted by molar-refractivity contribution is -0.182. The van der Waals surface area contributed by atoms with Gasteiger partial charge in [-0.25, -0.2) is 0 Å². The van der Waals surface area contributed by atoms with E-state index in [0.717, 1.165) is 6.92 Å². The fraction of sp³-hybridized carbons (Fsp3) is 0.839. The number of ketones is 2. The highest BCUT2D eigenvalue weighted by Crippen LogP contribution is 2.41. The summed E-state index contributed by atoms with van der Waals surface area (Å²) in [5.41, 5.74) is -22.3. The Balaban J connectivity index is 8.79. The lowest BCUT2D eigenvalue weighted by Gasteiger charge is -2.35. The second-order valence-corrected chi connectivity index (χ2v) is 38.1. The molecular weight excluding hydrogens is 1560 g/mol. The Bertz CT molecular complexity index is 2930. The average Bonchev–Trinajstić information content (AvgIpc) is 0.809. The normalized spacial score (nSPS) is 14.4. The van der Waals surface area contributed by atoms with E-state index in [4.69, 9.17) is 56.8 Å². The molecule has 0 aliphatic heterocycles. The Morgan fingerprint density at radius 3 is 0.405 bits per heavy atom. The molecular formula is C93H158O28. The zero-order chi connectivity index (χ0) is 94.3. The van der Waals surface area contributed by atoms with E-state index in [0.29, 0.717) is 103 Å². The van der Waals surface area contributed by atoms with E-state index in [1.807, 2.05) is 0 Å². The number of carboxylic acids is 1. The summed E-state index contributed by atoms with van der Waals surface area (Å²) >= 11 is 0. The standard InChI is InChI=1S/C93H158O28/c1-32-79(17,33-2)67(98)112-54-89(27,55-113-68(99)80(18,34-3)35-4)64(94)48-50-87(25,52-110-77(108)92(30,60-118-71(102)83(21,40-9)41-10)61-119-72(103)84(22,42-11)43-12)75(106)116-58-91(29,66(96)97)59-117-76(107)88(26,51-49-65(95)90(28,56-114-69(100)81(19,36-5)37-6)57-115-70(101)82(20,38-7)39-8)53-111-78(109)93(31,62-120-73(104)85(23,44-13)45-14)63-121-74(105)86(24,46-15)47-16/h32-63H2,1-31H3,(H,96,97). The number of aliphatic carboxylic acids is 1. The molecule has 0 aliphatic rings. The van der Waals surface area contributed by atoms with Crippen LogP contribution in [0.2, 0.25) is 0 Å². The molecule has 0 saturated heterocycles. The van der Waals surface area contributed by atoms with Gasteiger partial charge in [-0.2, -0.15) is 0 Å². The lowest BCUT2D eigenvalue weighted by atomic mass is 9.79. The van der Waals surface area contributed by atoms with E-state index in [1.165, 1.54) is 41.5 Å². The topological polar surface area (TPSA) is 387 Å². The van der Waals surface area contributed by atoms with Crippen LogP contribution in [0, 0.1) is 81.2 Å². The van der Waals surface area contributed by atoms with Crippen molar-refractivity contribution in [3.63, 3.8) is 0 Å². The molecule has 28 heteroatoms. The fourth-order valence-electron chi connectivity index (χ4n) is 11.8. The van der Waals surface area contributed by atoms with Crippen molar-refractivity contribution in [2.75, 3.05) is 79.3 Å². The van der Waals surface area contributed by atoms with Gasteiger partial charge in [0.25, 0.3) is 0 Å². The number of carbonyl (C=O) groups excluding carboxylic acids is 14. The third-order valence-corrected chi connectivity index (χ3v) is 28.3. The monoisotopic (exact) mass is 1720 g/mol. The number of hydrogen-bond acceptors (Lipinski definition) is 27. The first-order valence-electron chi connectivity index (χ1n) is 44.1. The molecule has 0 aromatic rings. The summed E-state index contributed by atoms with van der Waals surface area (Å²) in [7, 11) is 0. The van der Waals surface area contributed by atoms with Crippen molar-refractivity contribution < 1.29 is 134 Å². The van der Waals surface area contributed by atoms with Gasteiger partial charge in [-0.1, -0.05) is 111 Å². The van der Waals surface area contributed by atoms with Crippen molar-refractivity contribution >= 4 is 89.2 Å². The molecule has 0 aromatic carbocycles. The Kier molecular flexibility index (Phi) is 44.6. The number of carbonyl (C=O) groups is 15. The van der Waals surface area contributed by atoms with Gasteiger partial charge in [-0.3, -0.25) is 71.9 Å². The van der Waals surface area contributed by atoms with E-state index >= 15 is 19.2 Å². The number of Topliss-reactive ketones (excluding diaryl/α,β-unsaturated/α-hetero) is 2.